The van der Waals surface area contributed by atoms with Crippen LogP contribution in [0.3, 0.4) is 0 Å². The van der Waals surface area contributed by atoms with E-state index in [0.29, 0.717) is 0 Å². The molecule has 0 saturated carbocycles. The third kappa shape index (κ3) is 3.54. The molecule has 0 radical (unpaired) electrons. The summed E-state index contributed by atoms with van der Waals surface area (Å²) in [5.74, 6) is 0. The number of halogens is 7. The fraction of sp³-hybridized carbons (Fsp3) is 0.294. The summed E-state index contributed by atoms with van der Waals surface area (Å²) in [5, 5.41) is 3.07. The summed E-state index contributed by atoms with van der Waals surface area (Å²) in [5.41, 5.74) is -1.28. The molecule has 2 aromatic carbocycles. The molecule has 134 valence electrons. The number of hydrogen-bond acceptors (Lipinski definition) is 1. The Morgan fingerprint density at radius 3 is 2.28 bits per heavy atom. The molecular formula is C17H12BrCl3F3N. The SMILES string of the molecule is FC(F)(F)C1(c2cc(Cl)c(Cl)c(Cl)c2)CNC(c2cccc(Br)c2)C1. The van der Waals surface area contributed by atoms with E-state index in [2.05, 4.69) is 21.2 Å². The van der Waals surface area contributed by atoms with Crippen LogP contribution in [0.25, 0.3) is 0 Å². The molecule has 25 heavy (non-hydrogen) atoms. The summed E-state index contributed by atoms with van der Waals surface area (Å²) < 4.78 is 43.0. The molecule has 0 aliphatic carbocycles. The maximum Gasteiger partial charge on any atom is 0.399 e. The highest BCUT2D eigenvalue weighted by Gasteiger charge is 2.59. The second-order valence-electron chi connectivity index (χ2n) is 6.03. The lowest BCUT2D eigenvalue weighted by Crippen LogP contribution is -2.44. The van der Waals surface area contributed by atoms with Crippen LogP contribution < -0.4 is 5.32 Å². The molecule has 2 atom stereocenters. The molecule has 1 saturated heterocycles. The molecule has 8 heteroatoms. The van der Waals surface area contributed by atoms with Crippen molar-refractivity contribution in [3.05, 3.63) is 67.1 Å². The lowest BCUT2D eigenvalue weighted by molar-refractivity contribution is -0.185. The fourth-order valence-corrected chi connectivity index (χ4v) is 4.19. The van der Waals surface area contributed by atoms with Crippen molar-refractivity contribution >= 4 is 50.7 Å². The van der Waals surface area contributed by atoms with E-state index in [4.69, 9.17) is 34.8 Å². The van der Waals surface area contributed by atoms with Gasteiger partial charge in [0, 0.05) is 17.1 Å². The summed E-state index contributed by atoms with van der Waals surface area (Å²) >= 11 is 21.2. The van der Waals surface area contributed by atoms with Crippen molar-refractivity contribution in [3.63, 3.8) is 0 Å². The van der Waals surface area contributed by atoms with Gasteiger partial charge in [-0.1, -0.05) is 62.9 Å². The quantitative estimate of drug-likeness (QED) is 0.466. The van der Waals surface area contributed by atoms with E-state index < -0.39 is 17.6 Å². The van der Waals surface area contributed by atoms with Gasteiger partial charge in [-0.25, -0.2) is 0 Å². The molecule has 0 aromatic heterocycles. The molecule has 2 unspecified atom stereocenters. The third-order valence-electron chi connectivity index (χ3n) is 4.53. The number of hydrogen-bond donors (Lipinski definition) is 1. The van der Waals surface area contributed by atoms with Crippen LogP contribution in [0.1, 0.15) is 23.6 Å². The van der Waals surface area contributed by atoms with Crippen LogP contribution in [0.4, 0.5) is 13.2 Å². The largest absolute Gasteiger partial charge is 0.399 e. The van der Waals surface area contributed by atoms with Gasteiger partial charge in [0.1, 0.15) is 5.41 Å². The third-order valence-corrected chi connectivity index (χ3v) is 6.22. The Hall–Kier alpha value is -0.460. The average molecular weight is 474 g/mol. The smallest absolute Gasteiger partial charge is 0.309 e. The Bertz CT molecular complexity index is 789. The zero-order valence-corrected chi connectivity index (χ0v) is 16.5. The van der Waals surface area contributed by atoms with Crippen LogP contribution in [0.5, 0.6) is 0 Å². The van der Waals surface area contributed by atoms with Gasteiger partial charge in [0.25, 0.3) is 0 Å². The minimum Gasteiger partial charge on any atom is -0.309 e. The molecule has 1 aliphatic rings. The van der Waals surface area contributed by atoms with Crippen LogP contribution in [0, 0.1) is 0 Å². The number of alkyl halides is 3. The molecule has 0 amide bonds. The Morgan fingerprint density at radius 2 is 1.72 bits per heavy atom. The standard InChI is InChI=1S/C17H12BrCl3F3N/c18-11-3-1-2-9(4-11)14-7-16(8-25-14,17(22,23)24)10-5-12(19)15(21)13(20)6-10/h1-6,14,25H,7-8H2. The first-order chi connectivity index (χ1) is 11.6. The normalized spacial score (nSPS) is 23.9. The predicted molar refractivity (Wildman–Crippen MR) is 98.7 cm³/mol. The highest BCUT2D eigenvalue weighted by atomic mass is 79.9. The maximum atomic E-state index is 14.1. The maximum absolute atomic E-state index is 14.1. The van der Waals surface area contributed by atoms with Gasteiger partial charge in [-0.05, 0) is 41.8 Å². The first-order valence-electron chi connectivity index (χ1n) is 7.35. The van der Waals surface area contributed by atoms with E-state index in [1.807, 2.05) is 12.1 Å². The summed E-state index contributed by atoms with van der Waals surface area (Å²) in [6.07, 6.45) is -4.62. The molecule has 0 bridgehead atoms. The van der Waals surface area contributed by atoms with Crippen molar-refractivity contribution in [2.75, 3.05) is 6.54 Å². The number of rotatable bonds is 2. The van der Waals surface area contributed by atoms with Gasteiger partial charge < -0.3 is 5.32 Å². The lowest BCUT2D eigenvalue weighted by Gasteiger charge is -2.32. The molecule has 1 aliphatic heterocycles. The van der Waals surface area contributed by atoms with Crippen molar-refractivity contribution in [3.8, 4) is 0 Å². The second-order valence-corrected chi connectivity index (χ2v) is 8.13. The second kappa shape index (κ2) is 6.93. The Kier molecular flexibility index (Phi) is 5.35. The molecule has 1 heterocycles. The van der Waals surface area contributed by atoms with E-state index in [-0.39, 0.29) is 33.6 Å². The summed E-state index contributed by atoms with van der Waals surface area (Å²) in [6, 6.07) is 9.32. The Morgan fingerprint density at radius 1 is 1.08 bits per heavy atom. The zero-order valence-electron chi connectivity index (χ0n) is 12.6. The van der Waals surface area contributed by atoms with Gasteiger partial charge in [-0.15, -0.1) is 0 Å². The minimum absolute atomic E-state index is 0.0127. The molecular weight excluding hydrogens is 461 g/mol. The van der Waals surface area contributed by atoms with Crippen LogP contribution >= 0.6 is 50.7 Å². The molecule has 1 fully saturated rings. The van der Waals surface area contributed by atoms with E-state index >= 15 is 0 Å². The molecule has 3 rings (SSSR count). The van der Waals surface area contributed by atoms with Gasteiger partial charge in [-0.3, -0.25) is 0 Å². The summed E-state index contributed by atoms with van der Waals surface area (Å²) in [7, 11) is 0. The summed E-state index contributed by atoms with van der Waals surface area (Å²) in [6.45, 7) is -0.262. The topological polar surface area (TPSA) is 12.0 Å². The van der Waals surface area contributed by atoms with Gasteiger partial charge in [0.05, 0.1) is 15.1 Å². The van der Waals surface area contributed by atoms with Crippen LogP contribution in [-0.2, 0) is 5.41 Å². The van der Waals surface area contributed by atoms with Crippen molar-refractivity contribution < 1.29 is 13.2 Å². The van der Waals surface area contributed by atoms with Gasteiger partial charge >= 0.3 is 6.18 Å². The first kappa shape index (κ1) is 19.3. The lowest BCUT2D eigenvalue weighted by atomic mass is 9.77. The van der Waals surface area contributed by atoms with Crippen molar-refractivity contribution in [2.45, 2.75) is 24.1 Å². The van der Waals surface area contributed by atoms with E-state index in [1.54, 1.807) is 12.1 Å². The molecule has 0 spiro atoms. The zero-order chi connectivity index (χ0) is 18.4. The van der Waals surface area contributed by atoms with E-state index in [1.165, 1.54) is 12.1 Å². The highest BCUT2D eigenvalue weighted by Crippen LogP contribution is 2.51. The Balaban J connectivity index is 2.05. The van der Waals surface area contributed by atoms with Gasteiger partial charge in [0.15, 0.2) is 0 Å². The predicted octanol–water partition coefficient (Wildman–Crippen LogP) is 6.94. The molecule has 2 aromatic rings. The van der Waals surface area contributed by atoms with Gasteiger partial charge in [0.2, 0.25) is 0 Å². The average Bonchev–Trinajstić information content (AvgIpc) is 2.98. The van der Waals surface area contributed by atoms with Crippen LogP contribution in [0.15, 0.2) is 40.9 Å². The number of nitrogens with one attached hydrogen (secondary N) is 1. The van der Waals surface area contributed by atoms with E-state index in [9.17, 15) is 13.2 Å². The first-order valence-corrected chi connectivity index (χ1v) is 9.27. The summed E-state index contributed by atoms with van der Waals surface area (Å²) in [4.78, 5) is 0. The van der Waals surface area contributed by atoms with E-state index in [0.717, 1.165) is 10.0 Å². The van der Waals surface area contributed by atoms with Crippen LogP contribution in [0.2, 0.25) is 15.1 Å². The van der Waals surface area contributed by atoms with Crippen LogP contribution in [-0.4, -0.2) is 12.7 Å². The van der Waals surface area contributed by atoms with Gasteiger partial charge in [-0.2, -0.15) is 13.2 Å². The van der Waals surface area contributed by atoms with Crippen molar-refractivity contribution in [2.24, 2.45) is 0 Å². The fourth-order valence-electron chi connectivity index (χ4n) is 3.18. The molecule has 1 nitrogen and oxygen atoms in total. The van der Waals surface area contributed by atoms with Crippen molar-refractivity contribution in [1.29, 1.82) is 0 Å². The monoisotopic (exact) mass is 471 g/mol. The molecule has 1 N–H and O–H groups in total. The van der Waals surface area contributed by atoms with Crippen molar-refractivity contribution in [1.82, 2.24) is 5.32 Å². The minimum atomic E-state index is -4.47. The highest BCUT2D eigenvalue weighted by molar-refractivity contribution is 9.10. The Labute approximate surface area is 166 Å². The number of benzene rings is 2.